The van der Waals surface area contributed by atoms with Crippen LogP contribution in [0.4, 0.5) is 9.18 Å². The van der Waals surface area contributed by atoms with Crippen molar-refractivity contribution >= 4 is 18.0 Å². The number of hydrogen-bond donors (Lipinski definition) is 2. The number of benzene rings is 1. The number of esters is 2. The predicted octanol–water partition coefficient (Wildman–Crippen LogP) is 1.66. The van der Waals surface area contributed by atoms with E-state index in [1.54, 1.807) is 13.8 Å². The summed E-state index contributed by atoms with van der Waals surface area (Å²) < 4.78 is 28.3. The molecule has 0 unspecified atom stereocenters. The summed E-state index contributed by atoms with van der Waals surface area (Å²) in [6.45, 7) is 2.85. The van der Waals surface area contributed by atoms with Crippen molar-refractivity contribution in [2.45, 2.75) is 26.3 Å². The Labute approximate surface area is 155 Å². The van der Waals surface area contributed by atoms with Gasteiger partial charge in [0, 0.05) is 6.07 Å². The number of hydrogen-bond acceptors (Lipinski definition) is 6. The number of nitrogens with one attached hydrogen (secondary N) is 2. The fourth-order valence-corrected chi connectivity index (χ4v) is 2.47. The molecule has 0 aliphatic carbocycles. The van der Waals surface area contributed by atoms with E-state index >= 15 is 0 Å². The zero-order valence-corrected chi connectivity index (χ0v) is 15.0. The molecular formula is C18H21FN2O6. The summed E-state index contributed by atoms with van der Waals surface area (Å²) in [6.07, 6.45) is 0.460. The zero-order valence-electron chi connectivity index (χ0n) is 15.0. The van der Waals surface area contributed by atoms with Crippen molar-refractivity contribution in [2.24, 2.45) is 0 Å². The quantitative estimate of drug-likeness (QED) is 0.665. The first-order valence-electron chi connectivity index (χ1n) is 8.46. The van der Waals surface area contributed by atoms with E-state index in [1.165, 1.54) is 18.2 Å². The largest absolute Gasteiger partial charge is 0.482 e. The normalized spacial score (nSPS) is 16.3. The molecule has 27 heavy (non-hydrogen) atoms. The Morgan fingerprint density at radius 3 is 2.67 bits per heavy atom. The van der Waals surface area contributed by atoms with Gasteiger partial charge >= 0.3 is 18.0 Å². The Hall–Kier alpha value is -3.10. The third kappa shape index (κ3) is 5.70. The van der Waals surface area contributed by atoms with Crippen LogP contribution < -0.4 is 15.4 Å². The minimum atomic E-state index is -0.740. The number of ether oxygens (including phenoxy) is 3. The molecule has 1 heterocycles. The van der Waals surface area contributed by atoms with Gasteiger partial charge in [-0.15, -0.1) is 0 Å². The Balaban J connectivity index is 2.01. The van der Waals surface area contributed by atoms with Crippen LogP contribution in [0.5, 0.6) is 5.75 Å². The number of halogens is 1. The number of carbonyl (C=O) groups excluding carboxylic acids is 3. The highest BCUT2D eigenvalue weighted by Gasteiger charge is 2.32. The topological polar surface area (TPSA) is 103 Å². The van der Waals surface area contributed by atoms with Crippen molar-refractivity contribution in [3.63, 3.8) is 0 Å². The van der Waals surface area contributed by atoms with Crippen LogP contribution in [-0.2, 0) is 19.1 Å². The molecule has 0 saturated heterocycles. The molecule has 0 spiro atoms. The lowest BCUT2D eigenvalue weighted by molar-refractivity contribution is -0.145. The van der Waals surface area contributed by atoms with Crippen molar-refractivity contribution in [1.82, 2.24) is 10.6 Å². The van der Waals surface area contributed by atoms with Crippen LogP contribution in [0.2, 0.25) is 0 Å². The van der Waals surface area contributed by atoms with Gasteiger partial charge in [0.1, 0.15) is 18.2 Å². The van der Waals surface area contributed by atoms with Gasteiger partial charge in [0.15, 0.2) is 6.61 Å². The summed E-state index contributed by atoms with van der Waals surface area (Å²) in [6, 6.07) is 4.27. The van der Waals surface area contributed by atoms with Crippen molar-refractivity contribution in [3.05, 3.63) is 41.4 Å². The first kappa shape index (κ1) is 20.2. The van der Waals surface area contributed by atoms with E-state index < -0.39 is 36.4 Å². The summed E-state index contributed by atoms with van der Waals surface area (Å²) >= 11 is 0. The maximum absolute atomic E-state index is 13.1. The summed E-state index contributed by atoms with van der Waals surface area (Å²) in [5.41, 5.74) is 0.362. The smallest absolute Gasteiger partial charge is 0.344 e. The number of carbonyl (C=O) groups is 3. The highest BCUT2D eigenvalue weighted by atomic mass is 19.1. The Bertz CT molecular complexity index is 749. The maximum Gasteiger partial charge on any atom is 0.344 e. The molecule has 9 heteroatoms. The van der Waals surface area contributed by atoms with Gasteiger partial charge in [0.25, 0.3) is 0 Å². The van der Waals surface area contributed by atoms with E-state index in [0.717, 1.165) is 6.07 Å². The second-order valence-corrected chi connectivity index (χ2v) is 5.58. The molecule has 2 rings (SSSR count). The summed E-state index contributed by atoms with van der Waals surface area (Å²) in [5, 5.41) is 5.08. The molecule has 2 amide bonds. The van der Waals surface area contributed by atoms with Crippen molar-refractivity contribution < 1.29 is 33.0 Å². The molecule has 0 fully saturated rings. The Kier molecular flexibility index (Phi) is 7.16. The van der Waals surface area contributed by atoms with Crippen LogP contribution in [0.15, 0.2) is 35.5 Å². The molecule has 1 aromatic rings. The summed E-state index contributed by atoms with van der Waals surface area (Å²) in [7, 11) is 0. The van der Waals surface area contributed by atoms with Gasteiger partial charge in [0.2, 0.25) is 0 Å². The molecule has 0 saturated carbocycles. The summed E-state index contributed by atoms with van der Waals surface area (Å²) in [5.74, 6) is -1.65. The van der Waals surface area contributed by atoms with Crippen molar-refractivity contribution in [1.29, 1.82) is 0 Å². The molecule has 0 aromatic heterocycles. The number of urea groups is 1. The highest BCUT2D eigenvalue weighted by Crippen LogP contribution is 2.17. The Morgan fingerprint density at radius 2 is 2.00 bits per heavy atom. The van der Waals surface area contributed by atoms with Gasteiger partial charge in [-0.3, -0.25) is 0 Å². The molecular weight excluding hydrogens is 359 g/mol. The van der Waals surface area contributed by atoms with E-state index in [0.29, 0.717) is 6.42 Å². The molecule has 146 valence electrons. The van der Waals surface area contributed by atoms with E-state index in [-0.39, 0.29) is 30.2 Å². The monoisotopic (exact) mass is 380 g/mol. The lowest BCUT2D eigenvalue weighted by atomic mass is 10.0. The minimum Gasteiger partial charge on any atom is -0.482 e. The first-order valence-corrected chi connectivity index (χ1v) is 8.46. The summed E-state index contributed by atoms with van der Waals surface area (Å²) in [4.78, 5) is 35.8. The van der Waals surface area contributed by atoms with Gasteiger partial charge < -0.3 is 24.8 Å². The van der Waals surface area contributed by atoms with Crippen LogP contribution in [0.3, 0.4) is 0 Å². The van der Waals surface area contributed by atoms with Gasteiger partial charge in [0.05, 0.1) is 23.9 Å². The van der Waals surface area contributed by atoms with Crippen molar-refractivity contribution in [2.75, 3.05) is 19.8 Å². The third-order valence-corrected chi connectivity index (χ3v) is 3.68. The fraction of sp³-hybridized carbons (Fsp3) is 0.389. The second kappa shape index (κ2) is 9.56. The lowest BCUT2D eigenvalue weighted by Gasteiger charge is -2.28. The predicted molar refractivity (Wildman–Crippen MR) is 92.3 cm³/mol. The van der Waals surface area contributed by atoms with Crippen LogP contribution in [-0.4, -0.2) is 43.8 Å². The van der Waals surface area contributed by atoms with Crippen LogP contribution >= 0.6 is 0 Å². The average molecular weight is 380 g/mol. The number of amides is 2. The highest BCUT2D eigenvalue weighted by molar-refractivity contribution is 5.94. The molecule has 1 atom stereocenters. The van der Waals surface area contributed by atoms with Gasteiger partial charge in [-0.05, 0) is 25.5 Å². The van der Waals surface area contributed by atoms with E-state index in [1.807, 2.05) is 0 Å². The van der Waals surface area contributed by atoms with Crippen LogP contribution in [0.1, 0.15) is 20.3 Å². The average Bonchev–Trinajstić information content (AvgIpc) is 2.64. The van der Waals surface area contributed by atoms with Crippen LogP contribution in [0.25, 0.3) is 0 Å². The lowest BCUT2D eigenvalue weighted by Crippen LogP contribution is -2.51. The first-order chi connectivity index (χ1) is 12.9. The van der Waals surface area contributed by atoms with Crippen LogP contribution in [0, 0.1) is 5.82 Å². The van der Waals surface area contributed by atoms with Gasteiger partial charge in [-0.1, -0.05) is 13.0 Å². The van der Waals surface area contributed by atoms with Gasteiger partial charge in [-0.2, -0.15) is 0 Å². The molecule has 0 radical (unpaired) electrons. The second-order valence-electron chi connectivity index (χ2n) is 5.58. The van der Waals surface area contributed by atoms with E-state index in [9.17, 15) is 18.8 Å². The third-order valence-electron chi connectivity index (χ3n) is 3.68. The van der Waals surface area contributed by atoms with E-state index in [2.05, 4.69) is 10.6 Å². The molecule has 2 N–H and O–H groups in total. The van der Waals surface area contributed by atoms with Gasteiger partial charge in [-0.25, -0.2) is 18.8 Å². The van der Waals surface area contributed by atoms with E-state index in [4.69, 9.17) is 14.2 Å². The SMILES string of the molecule is CCOC(=O)C1=C(COC(=O)COc2cccc(F)c2)NC(=O)N[C@H]1CC. The molecule has 1 aromatic carbocycles. The Morgan fingerprint density at radius 1 is 1.22 bits per heavy atom. The van der Waals surface area contributed by atoms with Crippen molar-refractivity contribution in [3.8, 4) is 5.75 Å². The maximum atomic E-state index is 13.1. The molecule has 8 nitrogen and oxygen atoms in total. The zero-order chi connectivity index (χ0) is 19.8. The molecule has 1 aliphatic heterocycles. The minimum absolute atomic E-state index is 0.156. The number of rotatable bonds is 8. The molecule has 1 aliphatic rings. The fourth-order valence-electron chi connectivity index (χ4n) is 2.47. The molecule has 0 bridgehead atoms. The standard InChI is InChI=1S/C18H21FN2O6/c1-3-13-16(17(23)25-4-2)14(21-18(24)20-13)9-27-15(22)10-26-12-7-5-6-11(19)8-12/h5-8,13H,3-4,9-10H2,1-2H3,(H2,20,21,24)/t13-/m0/s1.